The van der Waals surface area contributed by atoms with Gasteiger partial charge < -0.3 is 10.1 Å². The van der Waals surface area contributed by atoms with Crippen molar-refractivity contribution in [2.75, 3.05) is 12.4 Å². The summed E-state index contributed by atoms with van der Waals surface area (Å²) in [5.74, 6) is -0.280. The Bertz CT molecular complexity index is 1100. The van der Waals surface area contributed by atoms with Crippen LogP contribution in [0.2, 0.25) is 5.02 Å². The zero-order valence-corrected chi connectivity index (χ0v) is 17.1. The number of carbonyl (C=O) groups excluding carboxylic acids is 1. The highest BCUT2D eigenvalue weighted by Crippen LogP contribution is 2.25. The van der Waals surface area contributed by atoms with Crippen molar-refractivity contribution >= 4 is 33.2 Å². The summed E-state index contributed by atoms with van der Waals surface area (Å²) in [6, 6.07) is 20.0. The molecule has 3 aromatic rings. The minimum absolute atomic E-state index is 0.0725. The van der Waals surface area contributed by atoms with Crippen molar-refractivity contribution in [1.29, 1.82) is 0 Å². The van der Waals surface area contributed by atoms with Crippen LogP contribution in [-0.4, -0.2) is 21.4 Å². The number of ether oxygens (including phenoxy) is 1. The molecule has 8 heteroatoms. The zero-order valence-electron chi connectivity index (χ0n) is 15.6. The Balaban J connectivity index is 1.83. The Morgan fingerprint density at radius 1 is 1.00 bits per heavy atom. The molecule has 6 nitrogen and oxygen atoms in total. The predicted molar refractivity (Wildman–Crippen MR) is 113 cm³/mol. The van der Waals surface area contributed by atoms with Crippen LogP contribution in [0.1, 0.15) is 15.9 Å². The number of hydrogen-bond donors (Lipinski definition) is 2. The normalized spacial score (nSPS) is 11.1. The highest BCUT2D eigenvalue weighted by atomic mass is 35.5. The topological polar surface area (TPSA) is 84.5 Å². The standard InChI is InChI=1S/C21H19ClN2O4S/c1-28-19-12-9-16(21(25)24-18-5-3-2-4-6-18)13-20(19)29(26,27)23-14-15-7-10-17(22)11-8-15/h2-13,23H,14H2,1H3,(H,24,25). The lowest BCUT2D eigenvalue weighted by Crippen LogP contribution is -2.24. The zero-order chi connectivity index (χ0) is 20.9. The van der Waals surface area contributed by atoms with Crippen LogP contribution in [0.25, 0.3) is 0 Å². The molecule has 2 N–H and O–H groups in total. The van der Waals surface area contributed by atoms with Gasteiger partial charge in [-0.25, -0.2) is 13.1 Å². The summed E-state index contributed by atoms with van der Waals surface area (Å²) in [6.45, 7) is 0.0725. The number of sulfonamides is 1. The van der Waals surface area contributed by atoms with Gasteiger partial charge in [0, 0.05) is 22.8 Å². The fourth-order valence-electron chi connectivity index (χ4n) is 2.61. The van der Waals surface area contributed by atoms with E-state index in [2.05, 4.69) is 10.0 Å². The number of amides is 1. The maximum atomic E-state index is 12.8. The molecule has 150 valence electrons. The van der Waals surface area contributed by atoms with Crippen LogP contribution in [0.15, 0.2) is 77.7 Å². The van der Waals surface area contributed by atoms with Gasteiger partial charge in [-0.1, -0.05) is 41.9 Å². The molecule has 0 aromatic heterocycles. The summed E-state index contributed by atoms with van der Waals surface area (Å²) < 4.78 is 33.4. The van der Waals surface area contributed by atoms with Crippen LogP contribution < -0.4 is 14.8 Å². The first-order chi connectivity index (χ1) is 13.9. The third kappa shape index (κ3) is 5.35. The molecular formula is C21H19ClN2O4S. The van der Waals surface area contributed by atoms with E-state index in [0.29, 0.717) is 10.7 Å². The maximum Gasteiger partial charge on any atom is 0.255 e. The van der Waals surface area contributed by atoms with Crippen molar-refractivity contribution in [2.45, 2.75) is 11.4 Å². The number of anilines is 1. The number of nitrogens with one attached hydrogen (secondary N) is 2. The number of hydrogen-bond acceptors (Lipinski definition) is 4. The molecule has 29 heavy (non-hydrogen) atoms. The Labute approximate surface area is 174 Å². The minimum Gasteiger partial charge on any atom is -0.495 e. The molecule has 0 atom stereocenters. The molecule has 0 spiro atoms. The molecule has 3 rings (SSSR count). The second-order valence-corrected chi connectivity index (χ2v) is 8.31. The largest absolute Gasteiger partial charge is 0.495 e. The lowest BCUT2D eigenvalue weighted by Gasteiger charge is -2.13. The molecule has 0 aliphatic heterocycles. The number of carbonyl (C=O) groups is 1. The molecule has 0 unspecified atom stereocenters. The second-order valence-electron chi connectivity index (χ2n) is 6.14. The van der Waals surface area contributed by atoms with Gasteiger partial charge in [-0.3, -0.25) is 4.79 Å². The molecule has 0 saturated heterocycles. The van der Waals surface area contributed by atoms with E-state index in [1.807, 2.05) is 6.07 Å². The monoisotopic (exact) mass is 430 g/mol. The van der Waals surface area contributed by atoms with Gasteiger partial charge >= 0.3 is 0 Å². The van der Waals surface area contributed by atoms with E-state index < -0.39 is 15.9 Å². The van der Waals surface area contributed by atoms with Gasteiger partial charge in [0.2, 0.25) is 10.0 Å². The van der Waals surface area contributed by atoms with Crippen LogP contribution >= 0.6 is 11.6 Å². The smallest absolute Gasteiger partial charge is 0.255 e. The highest BCUT2D eigenvalue weighted by Gasteiger charge is 2.21. The van der Waals surface area contributed by atoms with Crippen molar-refractivity contribution in [3.63, 3.8) is 0 Å². The quantitative estimate of drug-likeness (QED) is 0.591. The van der Waals surface area contributed by atoms with E-state index >= 15 is 0 Å². The summed E-state index contributed by atoms with van der Waals surface area (Å²) in [7, 11) is -2.56. The molecular weight excluding hydrogens is 412 g/mol. The number of para-hydroxylation sites is 1. The first-order valence-corrected chi connectivity index (χ1v) is 10.5. The fourth-order valence-corrected chi connectivity index (χ4v) is 3.95. The maximum absolute atomic E-state index is 12.8. The van der Waals surface area contributed by atoms with Gasteiger partial charge in [0.05, 0.1) is 7.11 Å². The van der Waals surface area contributed by atoms with Gasteiger partial charge in [0.1, 0.15) is 10.6 Å². The van der Waals surface area contributed by atoms with Crippen LogP contribution in [0.5, 0.6) is 5.75 Å². The van der Waals surface area contributed by atoms with Gasteiger partial charge in [-0.2, -0.15) is 0 Å². The summed E-state index contributed by atoms with van der Waals surface area (Å²) in [4.78, 5) is 12.4. The average Bonchev–Trinajstić information content (AvgIpc) is 2.73. The summed E-state index contributed by atoms with van der Waals surface area (Å²) in [5, 5.41) is 3.30. The van der Waals surface area contributed by atoms with Crippen LogP contribution in [0, 0.1) is 0 Å². The third-order valence-corrected chi connectivity index (χ3v) is 5.80. The van der Waals surface area contributed by atoms with Crippen LogP contribution in [0.3, 0.4) is 0 Å². The lowest BCUT2D eigenvalue weighted by molar-refractivity contribution is 0.102. The van der Waals surface area contributed by atoms with Crippen LogP contribution in [0.4, 0.5) is 5.69 Å². The van der Waals surface area contributed by atoms with E-state index in [-0.39, 0.29) is 22.8 Å². The Morgan fingerprint density at radius 3 is 2.34 bits per heavy atom. The molecule has 0 bridgehead atoms. The summed E-state index contributed by atoms with van der Waals surface area (Å²) in [5.41, 5.74) is 1.55. The molecule has 0 aliphatic rings. The Morgan fingerprint density at radius 2 is 1.69 bits per heavy atom. The Hall–Kier alpha value is -2.87. The molecule has 0 saturated carbocycles. The van der Waals surface area contributed by atoms with E-state index in [1.165, 1.54) is 25.3 Å². The number of methoxy groups -OCH3 is 1. The van der Waals surface area contributed by atoms with Crippen molar-refractivity contribution in [2.24, 2.45) is 0 Å². The summed E-state index contributed by atoms with van der Waals surface area (Å²) >= 11 is 5.85. The Kier molecular flexibility index (Phi) is 6.53. The van der Waals surface area contributed by atoms with Crippen molar-refractivity contribution in [3.8, 4) is 5.75 Å². The highest BCUT2D eigenvalue weighted by molar-refractivity contribution is 7.89. The third-order valence-electron chi connectivity index (χ3n) is 4.13. The van der Waals surface area contributed by atoms with Crippen molar-refractivity contribution < 1.29 is 17.9 Å². The molecule has 0 aliphatic carbocycles. The molecule has 1 amide bonds. The van der Waals surface area contributed by atoms with Crippen molar-refractivity contribution in [1.82, 2.24) is 4.72 Å². The average molecular weight is 431 g/mol. The SMILES string of the molecule is COc1ccc(C(=O)Nc2ccccc2)cc1S(=O)(=O)NCc1ccc(Cl)cc1. The van der Waals surface area contributed by atoms with Gasteiger partial charge in [0.25, 0.3) is 5.91 Å². The van der Waals surface area contributed by atoms with E-state index in [9.17, 15) is 13.2 Å². The molecule has 0 radical (unpaired) electrons. The number of halogens is 1. The van der Waals surface area contributed by atoms with Crippen molar-refractivity contribution in [3.05, 3.63) is 88.9 Å². The minimum atomic E-state index is -3.93. The van der Waals surface area contributed by atoms with Gasteiger partial charge in [-0.05, 0) is 48.0 Å². The first kappa shape index (κ1) is 20.9. The first-order valence-electron chi connectivity index (χ1n) is 8.67. The van der Waals surface area contributed by atoms with Gasteiger partial charge in [-0.15, -0.1) is 0 Å². The van der Waals surface area contributed by atoms with E-state index in [4.69, 9.17) is 16.3 Å². The van der Waals surface area contributed by atoms with E-state index in [0.717, 1.165) is 5.56 Å². The fraction of sp³-hybridized carbons (Fsp3) is 0.0952. The van der Waals surface area contributed by atoms with E-state index in [1.54, 1.807) is 48.5 Å². The molecule has 0 heterocycles. The number of benzene rings is 3. The molecule has 3 aromatic carbocycles. The number of rotatable bonds is 7. The van der Waals surface area contributed by atoms with Gasteiger partial charge in [0.15, 0.2) is 0 Å². The van der Waals surface area contributed by atoms with Crippen LogP contribution in [-0.2, 0) is 16.6 Å². The lowest BCUT2D eigenvalue weighted by atomic mass is 10.2. The summed E-state index contributed by atoms with van der Waals surface area (Å²) in [6.07, 6.45) is 0. The second kappa shape index (κ2) is 9.09. The molecule has 0 fully saturated rings. The predicted octanol–water partition coefficient (Wildman–Crippen LogP) is 4.08.